The number of aromatic nitrogens is 3. The van der Waals surface area contributed by atoms with E-state index >= 15 is 0 Å². The van der Waals surface area contributed by atoms with Crippen LogP contribution in [0.25, 0.3) is 11.3 Å². The molecule has 0 bridgehead atoms. The zero-order valence-electron chi connectivity index (χ0n) is 19.0. The zero-order valence-corrected chi connectivity index (χ0v) is 19.0. The fourth-order valence-corrected chi connectivity index (χ4v) is 3.98. The van der Waals surface area contributed by atoms with E-state index < -0.39 is 23.6 Å². The maximum Gasteiger partial charge on any atom is 0.248 e. The van der Waals surface area contributed by atoms with Crippen LogP contribution >= 0.6 is 0 Å². The van der Waals surface area contributed by atoms with E-state index in [4.69, 9.17) is 0 Å². The molecule has 1 aliphatic rings. The zero-order chi connectivity index (χ0) is 22.9. The Labute approximate surface area is 183 Å². The first kappa shape index (κ1) is 22.7. The van der Waals surface area contributed by atoms with Gasteiger partial charge < -0.3 is 20.2 Å². The number of anilines is 1. The number of aliphatic hydroxyl groups is 1. The number of benzene rings is 1. The normalized spacial score (nSPS) is 19.9. The first-order valence-electron chi connectivity index (χ1n) is 10.4. The Morgan fingerprint density at radius 1 is 1.23 bits per heavy atom. The Morgan fingerprint density at radius 3 is 2.42 bits per heavy atom. The number of likely N-dealkylation sites (N-methyl/N-ethyl adjacent to an activating group) is 1. The van der Waals surface area contributed by atoms with E-state index in [0.717, 1.165) is 11.3 Å². The molecule has 9 nitrogen and oxygen atoms in total. The third-order valence-electron chi connectivity index (χ3n) is 5.62. The van der Waals surface area contributed by atoms with Gasteiger partial charge in [0.05, 0.1) is 12.3 Å². The summed E-state index contributed by atoms with van der Waals surface area (Å²) in [5.74, 6) is -0.533. The second-order valence-electron chi connectivity index (χ2n) is 9.30. The SMILES string of the molecule is CNC(=O)[C@@H]1C[C@@H](O)CN1C(=O)[C@@H](n1cc(-c2ccc(N(C)C)cc2)nn1)C(C)(C)C. The van der Waals surface area contributed by atoms with Gasteiger partial charge in [-0.3, -0.25) is 9.59 Å². The van der Waals surface area contributed by atoms with Crippen molar-refractivity contribution < 1.29 is 14.7 Å². The molecule has 2 N–H and O–H groups in total. The van der Waals surface area contributed by atoms with Crippen molar-refractivity contribution in [3.05, 3.63) is 30.5 Å². The van der Waals surface area contributed by atoms with Crippen LogP contribution in [0.4, 0.5) is 5.69 Å². The fourth-order valence-electron chi connectivity index (χ4n) is 3.98. The number of rotatable bonds is 5. The van der Waals surface area contributed by atoms with Crippen molar-refractivity contribution in [2.75, 3.05) is 32.6 Å². The number of carbonyl (C=O) groups excluding carboxylic acids is 2. The number of likely N-dealkylation sites (tertiary alicyclic amines) is 1. The summed E-state index contributed by atoms with van der Waals surface area (Å²) in [4.78, 5) is 29.3. The van der Waals surface area contributed by atoms with Gasteiger partial charge in [0.25, 0.3) is 0 Å². The van der Waals surface area contributed by atoms with Crippen molar-refractivity contribution in [3.63, 3.8) is 0 Å². The Bertz CT molecular complexity index is 931. The van der Waals surface area contributed by atoms with Gasteiger partial charge in [-0.2, -0.15) is 0 Å². The van der Waals surface area contributed by atoms with Crippen LogP contribution in [0.15, 0.2) is 30.5 Å². The number of amides is 2. The first-order valence-corrected chi connectivity index (χ1v) is 10.4. The van der Waals surface area contributed by atoms with Crippen molar-refractivity contribution in [1.82, 2.24) is 25.2 Å². The molecular weight excluding hydrogens is 396 g/mol. The second kappa shape index (κ2) is 8.66. The third-order valence-corrected chi connectivity index (χ3v) is 5.62. The van der Waals surface area contributed by atoms with E-state index in [0.29, 0.717) is 5.69 Å². The van der Waals surface area contributed by atoms with Crippen molar-refractivity contribution in [2.24, 2.45) is 5.41 Å². The number of β-amino-alcohol motifs (C(OH)–C–C–N with tert-alkyl or cyclic N) is 1. The Hall–Kier alpha value is -2.94. The highest BCUT2D eigenvalue weighted by molar-refractivity contribution is 5.90. The minimum absolute atomic E-state index is 0.122. The molecule has 168 valence electrons. The lowest BCUT2D eigenvalue weighted by atomic mass is 9.85. The van der Waals surface area contributed by atoms with Crippen LogP contribution in [0.5, 0.6) is 0 Å². The average Bonchev–Trinajstić information content (AvgIpc) is 3.33. The van der Waals surface area contributed by atoms with E-state index in [1.165, 1.54) is 11.9 Å². The standard InChI is InChI=1S/C22H32N6O3/c1-22(2,3)19(21(31)27-12-16(29)11-18(27)20(30)23-4)28-13-17(24-25-28)14-7-9-15(10-8-14)26(5)6/h7-10,13,16,18-19,29H,11-12H2,1-6H3,(H,23,30)/t16-,18+,19-/m1/s1. The van der Waals surface area contributed by atoms with Crippen LogP contribution in [-0.2, 0) is 9.59 Å². The lowest BCUT2D eigenvalue weighted by Gasteiger charge is -2.34. The van der Waals surface area contributed by atoms with Gasteiger partial charge in [0, 0.05) is 45.4 Å². The molecule has 2 aromatic rings. The Kier molecular flexibility index (Phi) is 6.35. The summed E-state index contributed by atoms with van der Waals surface area (Å²) in [6.07, 6.45) is 1.26. The van der Waals surface area contributed by atoms with Gasteiger partial charge >= 0.3 is 0 Å². The molecule has 1 fully saturated rings. The van der Waals surface area contributed by atoms with Crippen molar-refractivity contribution in [2.45, 2.75) is 45.4 Å². The van der Waals surface area contributed by atoms with Crippen molar-refractivity contribution in [1.29, 1.82) is 0 Å². The van der Waals surface area contributed by atoms with Gasteiger partial charge in [0.1, 0.15) is 17.8 Å². The second-order valence-corrected chi connectivity index (χ2v) is 9.30. The van der Waals surface area contributed by atoms with Crippen LogP contribution in [0, 0.1) is 5.41 Å². The molecule has 2 heterocycles. The molecule has 0 aliphatic carbocycles. The maximum absolute atomic E-state index is 13.6. The van der Waals surface area contributed by atoms with E-state index in [1.807, 2.05) is 64.0 Å². The summed E-state index contributed by atoms with van der Waals surface area (Å²) in [5, 5.41) is 21.3. The molecule has 2 amide bonds. The summed E-state index contributed by atoms with van der Waals surface area (Å²) >= 11 is 0. The molecule has 1 aromatic carbocycles. The van der Waals surface area contributed by atoms with Gasteiger partial charge in [-0.1, -0.05) is 38.1 Å². The van der Waals surface area contributed by atoms with Crippen molar-refractivity contribution >= 4 is 17.5 Å². The highest BCUT2D eigenvalue weighted by atomic mass is 16.3. The largest absolute Gasteiger partial charge is 0.391 e. The lowest BCUT2D eigenvalue weighted by molar-refractivity contribution is -0.144. The molecular formula is C22H32N6O3. The minimum atomic E-state index is -0.728. The van der Waals surface area contributed by atoms with E-state index in [1.54, 1.807) is 10.9 Å². The minimum Gasteiger partial charge on any atom is -0.391 e. The van der Waals surface area contributed by atoms with Crippen LogP contribution in [0.2, 0.25) is 0 Å². The van der Waals surface area contributed by atoms with Crippen LogP contribution < -0.4 is 10.2 Å². The van der Waals surface area contributed by atoms with Crippen LogP contribution in [0.3, 0.4) is 0 Å². The summed E-state index contributed by atoms with van der Waals surface area (Å²) < 4.78 is 1.57. The molecule has 31 heavy (non-hydrogen) atoms. The molecule has 1 aliphatic heterocycles. The molecule has 3 atom stereocenters. The van der Waals surface area contributed by atoms with E-state index in [9.17, 15) is 14.7 Å². The first-order chi connectivity index (χ1) is 14.5. The molecule has 1 aromatic heterocycles. The van der Waals surface area contributed by atoms with E-state index in [2.05, 4.69) is 15.6 Å². The lowest BCUT2D eigenvalue weighted by Crippen LogP contribution is -2.49. The number of carbonyl (C=O) groups is 2. The quantitative estimate of drug-likeness (QED) is 0.744. The van der Waals surface area contributed by atoms with Gasteiger partial charge in [-0.15, -0.1) is 5.10 Å². The number of nitrogens with one attached hydrogen (secondary N) is 1. The van der Waals surface area contributed by atoms with Crippen molar-refractivity contribution in [3.8, 4) is 11.3 Å². The summed E-state index contributed by atoms with van der Waals surface area (Å²) in [6.45, 7) is 5.97. The summed E-state index contributed by atoms with van der Waals surface area (Å²) in [5.41, 5.74) is 2.15. The molecule has 0 unspecified atom stereocenters. The number of aliphatic hydroxyl groups excluding tert-OH is 1. The Morgan fingerprint density at radius 2 is 1.87 bits per heavy atom. The monoisotopic (exact) mass is 428 g/mol. The molecule has 3 rings (SSSR count). The molecule has 0 spiro atoms. The number of nitrogens with zero attached hydrogens (tertiary/aromatic N) is 5. The van der Waals surface area contributed by atoms with Gasteiger partial charge in [0.15, 0.2) is 0 Å². The van der Waals surface area contributed by atoms with Gasteiger partial charge in [-0.05, 0) is 17.5 Å². The average molecular weight is 429 g/mol. The molecule has 9 heteroatoms. The van der Waals surface area contributed by atoms with Crippen LogP contribution in [0.1, 0.15) is 33.2 Å². The van der Waals surface area contributed by atoms with E-state index in [-0.39, 0.29) is 24.8 Å². The van der Waals surface area contributed by atoms with Gasteiger partial charge in [0.2, 0.25) is 11.8 Å². The summed E-state index contributed by atoms with van der Waals surface area (Å²) in [6, 6.07) is 6.57. The highest BCUT2D eigenvalue weighted by Gasteiger charge is 2.45. The predicted octanol–water partition coefficient (Wildman–Crippen LogP) is 1.31. The van der Waals surface area contributed by atoms with Gasteiger partial charge in [-0.25, -0.2) is 4.68 Å². The topological polar surface area (TPSA) is 104 Å². The Balaban J connectivity index is 1.92. The van der Waals surface area contributed by atoms with Crippen LogP contribution in [-0.4, -0.2) is 76.6 Å². The third kappa shape index (κ3) is 4.71. The molecule has 0 saturated carbocycles. The molecule has 0 radical (unpaired) electrons. The predicted molar refractivity (Wildman–Crippen MR) is 118 cm³/mol. The fraction of sp³-hybridized carbons (Fsp3) is 0.545. The summed E-state index contributed by atoms with van der Waals surface area (Å²) in [7, 11) is 5.49. The number of hydrogen-bond donors (Lipinski definition) is 2. The number of hydrogen-bond acceptors (Lipinski definition) is 6. The smallest absolute Gasteiger partial charge is 0.248 e. The molecule has 1 saturated heterocycles. The highest BCUT2D eigenvalue weighted by Crippen LogP contribution is 2.35. The maximum atomic E-state index is 13.6.